The third-order valence-corrected chi connectivity index (χ3v) is 3.83. The second-order valence-corrected chi connectivity index (χ2v) is 5.57. The molecule has 4 nitrogen and oxygen atoms in total. The quantitative estimate of drug-likeness (QED) is 0.795. The van der Waals surface area contributed by atoms with Gasteiger partial charge in [-0.25, -0.2) is 4.98 Å². The van der Waals surface area contributed by atoms with E-state index in [9.17, 15) is 0 Å². The molecule has 112 valence electrons. The lowest BCUT2D eigenvalue weighted by Gasteiger charge is -2.05. The number of hydrogen-bond acceptors (Lipinski definition) is 3. The molecule has 0 saturated heterocycles. The van der Waals surface area contributed by atoms with Crippen molar-refractivity contribution in [3.8, 4) is 5.75 Å². The van der Waals surface area contributed by atoms with Crippen molar-refractivity contribution in [1.82, 2.24) is 14.9 Å². The number of ether oxygens (including phenoxy) is 1. The zero-order valence-corrected chi connectivity index (χ0v) is 12.6. The van der Waals surface area contributed by atoms with Crippen LogP contribution in [-0.4, -0.2) is 22.7 Å². The Balaban J connectivity index is 1.53. The van der Waals surface area contributed by atoms with Crippen molar-refractivity contribution in [2.75, 3.05) is 13.2 Å². The van der Waals surface area contributed by atoms with Crippen LogP contribution in [0.25, 0.3) is 0 Å². The lowest BCUT2D eigenvalue weighted by molar-refractivity contribution is 0.357. The summed E-state index contributed by atoms with van der Waals surface area (Å²) in [5, 5.41) is 3.38. The average Bonchev–Trinajstić information content (AvgIpc) is 3.13. The van der Waals surface area contributed by atoms with E-state index in [4.69, 9.17) is 4.74 Å². The van der Waals surface area contributed by atoms with Crippen molar-refractivity contribution < 1.29 is 4.74 Å². The molecular weight excluding hydrogens is 262 g/mol. The van der Waals surface area contributed by atoms with E-state index in [-0.39, 0.29) is 0 Å². The van der Waals surface area contributed by atoms with Gasteiger partial charge in [-0.3, -0.25) is 0 Å². The lowest BCUT2D eigenvalue weighted by atomic mass is 10.1. The number of imidazole rings is 1. The molecule has 0 spiro atoms. The van der Waals surface area contributed by atoms with Crippen molar-refractivity contribution in [1.29, 1.82) is 0 Å². The van der Waals surface area contributed by atoms with Crippen LogP contribution in [0, 0.1) is 0 Å². The molecule has 1 aliphatic heterocycles. The molecule has 0 saturated carbocycles. The minimum absolute atomic E-state index is 0.828. The van der Waals surface area contributed by atoms with Crippen LogP contribution in [-0.2, 0) is 25.9 Å². The smallest absolute Gasteiger partial charge is 0.122 e. The van der Waals surface area contributed by atoms with E-state index in [1.807, 2.05) is 6.33 Å². The Labute approximate surface area is 126 Å². The van der Waals surface area contributed by atoms with E-state index in [2.05, 4.69) is 46.2 Å². The molecule has 0 unspecified atom stereocenters. The van der Waals surface area contributed by atoms with Gasteiger partial charge in [0, 0.05) is 25.7 Å². The second-order valence-electron chi connectivity index (χ2n) is 5.57. The fraction of sp³-hybridized carbons (Fsp3) is 0.471. The predicted octanol–water partition coefficient (Wildman–Crippen LogP) is 2.56. The van der Waals surface area contributed by atoms with Crippen molar-refractivity contribution in [2.45, 2.75) is 39.3 Å². The van der Waals surface area contributed by atoms with Gasteiger partial charge in [-0.2, -0.15) is 0 Å². The minimum Gasteiger partial charge on any atom is -0.493 e. The van der Waals surface area contributed by atoms with E-state index in [0.29, 0.717) is 0 Å². The highest BCUT2D eigenvalue weighted by Gasteiger charge is 2.11. The molecule has 0 bridgehead atoms. The Hall–Kier alpha value is -1.81. The number of nitrogens with zero attached hydrogens (tertiary/aromatic N) is 2. The summed E-state index contributed by atoms with van der Waals surface area (Å²) in [7, 11) is 0. The van der Waals surface area contributed by atoms with Crippen molar-refractivity contribution in [3.05, 3.63) is 47.5 Å². The first kappa shape index (κ1) is 14.1. The fourth-order valence-electron chi connectivity index (χ4n) is 2.67. The Morgan fingerprint density at radius 3 is 3.24 bits per heavy atom. The largest absolute Gasteiger partial charge is 0.493 e. The highest BCUT2D eigenvalue weighted by atomic mass is 16.5. The predicted molar refractivity (Wildman–Crippen MR) is 83.6 cm³/mol. The number of rotatable bonds is 7. The van der Waals surface area contributed by atoms with Gasteiger partial charge in [0.1, 0.15) is 5.75 Å². The van der Waals surface area contributed by atoms with Crippen molar-refractivity contribution >= 4 is 0 Å². The number of benzene rings is 1. The highest BCUT2D eigenvalue weighted by Crippen LogP contribution is 2.26. The zero-order valence-electron chi connectivity index (χ0n) is 12.6. The van der Waals surface area contributed by atoms with Crippen LogP contribution in [0.4, 0.5) is 0 Å². The maximum Gasteiger partial charge on any atom is 0.122 e. The molecule has 1 aromatic carbocycles. The number of nitrogens with one attached hydrogen (secondary N) is 1. The Morgan fingerprint density at radius 2 is 2.33 bits per heavy atom. The van der Waals surface area contributed by atoms with Gasteiger partial charge < -0.3 is 14.6 Å². The Morgan fingerprint density at radius 1 is 1.38 bits per heavy atom. The summed E-state index contributed by atoms with van der Waals surface area (Å²) in [6, 6.07) is 6.56. The lowest BCUT2D eigenvalue weighted by Crippen LogP contribution is -2.13. The maximum absolute atomic E-state index is 5.54. The van der Waals surface area contributed by atoms with Crippen LogP contribution in [0.3, 0.4) is 0 Å². The molecule has 4 heteroatoms. The molecule has 1 N–H and O–H groups in total. The van der Waals surface area contributed by atoms with Gasteiger partial charge in [0.15, 0.2) is 0 Å². The Kier molecular flexibility index (Phi) is 4.55. The zero-order chi connectivity index (χ0) is 14.5. The Bertz CT molecular complexity index is 591. The molecule has 0 fully saturated rings. The van der Waals surface area contributed by atoms with E-state index in [1.54, 1.807) is 0 Å². The molecule has 21 heavy (non-hydrogen) atoms. The summed E-state index contributed by atoms with van der Waals surface area (Å²) < 4.78 is 7.72. The van der Waals surface area contributed by atoms with Gasteiger partial charge in [-0.05, 0) is 36.6 Å². The van der Waals surface area contributed by atoms with Crippen LogP contribution in [0.2, 0.25) is 0 Å². The standard InChI is InChI=1S/C17H23N3O/c1-2-7-18-11-16-12-20(13-19-16)8-5-14-3-4-17-15(10-14)6-9-21-17/h3-4,10,12-13,18H,2,5-9,11H2,1H3. The topological polar surface area (TPSA) is 39.1 Å². The summed E-state index contributed by atoms with van der Waals surface area (Å²) >= 11 is 0. The first-order valence-corrected chi connectivity index (χ1v) is 7.81. The monoisotopic (exact) mass is 285 g/mol. The molecule has 0 aliphatic carbocycles. The normalized spacial score (nSPS) is 13.2. The van der Waals surface area contributed by atoms with Gasteiger partial charge in [-0.1, -0.05) is 19.1 Å². The third-order valence-electron chi connectivity index (χ3n) is 3.83. The molecule has 1 aliphatic rings. The van der Waals surface area contributed by atoms with Gasteiger partial charge in [0.2, 0.25) is 0 Å². The third kappa shape index (κ3) is 3.64. The van der Waals surface area contributed by atoms with E-state index >= 15 is 0 Å². The molecule has 0 atom stereocenters. The van der Waals surface area contributed by atoms with Crippen LogP contribution >= 0.6 is 0 Å². The van der Waals surface area contributed by atoms with Crippen LogP contribution in [0.5, 0.6) is 5.75 Å². The molecular formula is C17H23N3O. The second kappa shape index (κ2) is 6.76. The number of fused-ring (bicyclic) bond motifs is 1. The summed E-state index contributed by atoms with van der Waals surface area (Å²) in [6.07, 6.45) is 7.30. The summed E-state index contributed by atoms with van der Waals surface area (Å²) in [4.78, 5) is 4.44. The van der Waals surface area contributed by atoms with Gasteiger partial charge in [-0.15, -0.1) is 0 Å². The summed E-state index contributed by atoms with van der Waals surface area (Å²) in [5.41, 5.74) is 3.84. The minimum atomic E-state index is 0.828. The van der Waals surface area contributed by atoms with Gasteiger partial charge in [0.25, 0.3) is 0 Å². The molecule has 2 heterocycles. The molecule has 1 aromatic heterocycles. The number of aryl methyl sites for hydroxylation is 2. The number of hydrogen-bond donors (Lipinski definition) is 1. The van der Waals surface area contributed by atoms with E-state index in [0.717, 1.165) is 56.9 Å². The summed E-state index contributed by atoms with van der Waals surface area (Å²) in [5.74, 6) is 1.06. The first-order valence-electron chi connectivity index (χ1n) is 7.81. The van der Waals surface area contributed by atoms with Gasteiger partial charge >= 0.3 is 0 Å². The van der Waals surface area contributed by atoms with Crippen LogP contribution in [0.1, 0.15) is 30.2 Å². The SMILES string of the molecule is CCCNCc1cn(CCc2ccc3c(c2)CCO3)cn1. The fourth-order valence-corrected chi connectivity index (χ4v) is 2.67. The number of aromatic nitrogens is 2. The maximum atomic E-state index is 5.54. The molecule has 3 rings (SSSR count). The molecule has 0 radical (unpaired) electrons. The average molecular weight is 285 g/mol. The summed E-state index contributed by atoms with van der Waals surface area (Å²) in [6.45, 7) is 5.88. The van der Waals surface area contributed by atoms with Crippen molar-refractivity contribution in [2.24, 2.45) is 0 Å². The molecule has 2 aromatic rings. The van der Waals surface area contributed by atoms with Crippen molar-refractivity contribution in [3.63, 3.8) is 0 Å². The van der Waals surface area contributed by atoms with E-state index < -0.39 is 0 Å². The van der Waals surface area contributed by atoms with Crippen LogP contribution < -0.4 is 10.1 Å². The highest BCUT2D eigenvalue weighted by molar-refractivity contribution is 5.39. The molecule has 0 amide bonds. The first-order chi connectivity index (χ1) is 10.3. The van der Waals surface area contributed by atoms with E-state index in [1.165, 1.54) is 11.1 Å². The van der Waals surface area contributed by atoms with Gasteiger partial charge in [0.05, 0.1) is 18.6 Å². The van der Waals surface area contributed by atoms with Crippen LogP contribution in [0.15, 0.2) is 30.7 Å².